The lowest BCUT2D eigenvalue weighted by molar-refractivity contribution is -0.141. The topological polar surface area (TPSA) is 49.4 Å². The first-order chi connectivity index (χ1) is 16.2. The summed E-state index contributed by atoms with van der Waals surface area (Å²) in [6.07, 6.45) is 0.456. The number of carbonyl (C=O) groups is 2. The summed E-state index contributed by atoms with van der Waals surface area (Å²) in [5.41, 5.74) is 2.56. The van der Waals surface area contributed by atoms with Crippen molar-refractivity contribution in [3.63, 3.8) is 0 Å². The van der Waals surface area contributed by atoms with Crippen molar-refractivity contribution in [2.75, 3.05) is 0 Å². The predicted octanol–water partition coefficient (Wildman–Crippen LogP) is 6.46. The molecule has 0 bridgehead atoms. The molecule has 0 aromatic heterocycles. The molecule has 1 atom stereocenters. The van der Waals surface area contributed by atoms with Crippen LogP contribution in [0.5, 0.6) is 0 Å². The van der Waals surface area contributed by atoms with Crippen LogP contribution < -0.4 is 5.32 Å². The zero-order chi connectivity index (χ0) is 24.7. The maximum absolute atomic E-state index is 13.7. The fourth-order valence-electron chi connectivity index (χ4n) is 3.70. The highest BCUT2D eigenvalue weighted by atomic mass is 79.9. The maximum atomic E-state index is 13.7. The van der Waals surface area contributed by atoms with Crippen molar-refractivity contribution in [1.29, 1.82) is 0 Å². The molecule has 0 saturated carbocycles. The number of carbonyl (C=O) groups excluding carboxylic acids is 2. The van der Waals surface area contributed by atoms with E-state index < -0.39 is 6.04 Å². The van der Waals surface area contributed by atoms with Crippen LogP contribution in [0.3, 0.4) is 0 Å². The first-order valence-corrected chi connectivity index (χ1v) is 12.6. The van der Waals surface area contributed by atoms with Crippen LogP contribution in [0.25, 0.3) is 0 Å². The first kappa shape index (κ1) is 26.3. The zero-order valence-corrected chi connectivity index (χ0v) is 22.2. The smallest absolute Gasteiger partial charge is 0.243 e. The van der Waals surface area contributed by atoms with Gasteiger partial charge >= 0.3 is 0 Å². The van der Waals surface area contributed by atoms with E-state index in [2.05, 4.69) is 21.2 Å². The van der Waals surface area contributed by atoms with Crippen molar-refractivity contribution in [3.8, 4) is 0 Å². The van der Waals surface area contributed by atoms with E-state index >= 15 is 0 Å². The number of benzene rings is 3. The summed E-state index contributed by atoms with van der Waals surface area (Å²) >= 11 is 15.9. The van der Waals surface area contributed by atoms with Crippen molar-refractivity contribution < 1.29 is 9.59 Å². The Balaban J connectivity index is 1.99. The van der Waals surface area contributed by atoms with Crippen LogP contribution in [0.1, 0.15) is 30.5 Å². The van der Waals surface area contributed by atoms with Gasteiger partial charge in [0.15, 0.2) is 0 Å². The second-order valence-electron chi connectivity index (χ2n) is 8.43. The molecular formula is C27H27BrCl2N2O2. The molecule has 0 saturated heterocycles. The Kier molecular flexibility index (Phi) is 9.57. The van der Waals surface area contributed by atoms with Crippen LogP contribution in [-0.4, -0.2) is 28.8 Å². The average molecular weight is 562 g/mol. The average Bonchev–Trinajstić information content (AvgIpc) is 2.78. The minimum atomic E-state index is -0.692. The quantitative estimate of drug-likeness (QED) is 0.326. The van der Waals surface area contributed by atoms with Gasteiger partial charge in [-0.15, -0.1) is 0 Å². The van der Waals surface area contributed by atoms with Crippen LogP contribution in [0, 0.1) is 0 Å². The molecule has 0 fully saturated rings. The molecule has 0 heterocycles. The van der Waals surface area contributed by atoms with E-state index in [0.717, 1.165) is 15.6 Å². The molecule has 0 spiro atoms. The number of rotatable bonds is 9. The third-order valence-electron chi connectivity index (χ3n) is 5.30. The first-order valence-electron chi connectivity index (χ1n) is 11.0. The molecule has 2 amide bonds. The number of halogens is 3. The van der Waals surface area contributed by atoms with E-state index in [-0.39, 0.29) is 30.8 Å². The summed E-state index contributed by atoms with van der Waals surface area (Å²) in [6, 6.07) is 21.8. The Bertz CT molecular complexity index is 1140. The van der Waals surface area contributed by atoms with Gasteiger partial charge in [0.25, 0.3) is 0 Å². The summed E-state index contributed by atoms with van der Waals surface area (Å²) in [4.78, 5) is 28.7. The highest BCUT2D eigenvalue weighted by molar-refractivity contribution is 9.10. The molecule has 0 aliphatic heterocycles. The molecule has 178 valence electrons. The van der Waals surface area contributed by atoms with E-state index in [1.54, 1.807) is 23.1 Å². The van der Waals surface area contributed by atoms with Gasteiger partial charge < -0.3 is 10.2 Å². The van der Waals surface area contributed by atoms with Gasteiger partial charge in [-0.2, -0.15) is 0 Å². The molecule has 7 heteroatoms. The Morgan fingerprint density at radius 3 is 2.29 bits per heavy atom. The highest BCUT2D eigenvalue weighted by Gasteiger charge is 2.31. The van der Waals surface area contributed by atoms with Gasteiger partial charge in [-0.3, -0.25) is 9.59 Å². The Labute approximate surface area is 219 Å². The van der Waals surface area contributed by atoms with E-state index in [1.807, 2.05) is 68.4 Å². The fourth-order valence-corrected chi connectivity index (χ4v) is 4.62. The van der Waals surface area contributed by atoms with Crippen molar-refractivity contribution in [3.05, 3.63) is 104 Å². The molecule has 1 N–H and O–H groups in total. The molecule has 0 unspecified atom stereocenters. The Morgan fingerprint density at radius 1 is 0.941 bits per heavy atom. The normalized spacial score (nSPS) is 11.8. The van der Waals surface area contributed by atoms with Gasteiger partial charge in [-0.05, 0) is 54.8 Å². The van der Waals surface area contributed by atoms with Crippen LogP contribution in [0.15, 0.2) is 77.3 Å². The predicted molar refractivity (Wildman–Crippen MR) is 142 cm³/mol. The van der Waals surface area contributed by atoms with E-state index in [9.17, 15) is 9.59 Å². The van der Waals surface area contributed by atoms with Crippen LogP contribution in [0.2, 0.25) is 10.0 Å². The van der Waals surface area contributed by atoms with Crippen molar-refractivity contribution in [1.82, 2.24) is 10.2 Å². The van der Waals surface area contributed by atoms with Gasteiger partial charge in [-0.1, -0.05) is 87.7 Å². The second-order valence-corrected chi connectivity index (χ2v) is 10.2. The zero-order valence-electron chi connectivity index (χ0n) is 19.1. The van der Waals surface area contributed by atoms with Gasteiger partial charge in [-0.25, -0.2) is 0 Å². The van der Waals surface area contributed by atoms with E-state index in [1.165, 1.54) is 0 Å². The molecule has 3 aromatic rings. The maximum Gasteiger partial charge on any atom is 0.243 e. The Hall–Kier alpha value is -2.34. The molecular weight excluding hydrogens is 535 g/mol. The summed E-state index contributed by atoms with van der Waals surface area (Å²) in [7, 11) is 0. The lowest BCUT2D eigenvalue weighted by atomic mass is 10.0. The molecule has 4 nitrogen and oxygen atoms in total. The van der Waals surface area contributed by atoms with Gasteiger partial charge in [0.1, 0.15) is 6.04 Å². The SMILES string of the molecule is CC(C)NC(=O)[C@H](Cc1ccccc1)N(Cc1cccc(Br)c1)C(=O)Cc1ccc(Cl)cc1Cl. The fraction of sp³-hybridized carbons (Fsp3) is 0.259. The summed E-state index contributed by atoms with van der Waals surface area (Å²) in [6.45, 7) is 4.10. The van der Waals surface area contributed by atoms with Gasteiger partial charge in [0, 0.05) is 33.5 Å². The monoisotopic (exact) mass is 560 g/mol. The number of hydrogen-bond acceptors (Lipinski definition) is 2. The Morgan fingerprint density at radius 2 is 1.65 bits per heavy atom. The largest absolute Gasteiger partial charge is 0.352 e. The highest BCUT2D eigenvalue weighted by Crippen LogP contribution is 2.24. The van der Waals surface area contributed by atoms with Crippen molar-refractivity contribution >= 4 is 50.9 Å². The molecule has 34 heavy (non-hydrogen) atoms. The summed E-state index contributed by atoms with van der Waals surface area (Å²) in [5.74, 6) is -0.381. The minimum Gasteiger partial charge on any atom is -0.352 e. The molecule has 3 aromatic carbocycles. The number of nitrogens with one attached hydrogen (secondary N) is 1. The van der Waals surface area contributed by atoms with Crippen molar-refractivity contribution in [2.45, 2.75) is 45.3 Å². The summed E-state index contributed by atoms with van der Waals surface area (Å²) < 4.78 is 0.907. The second kappa shape index (κ2) is 12.4. The van der Waals surface area contributed by atoms with Crippen LogP contribution in [-0.2, 0) is 29.0 Å². The van der Waals surface area contributed by atoms with E-state index in [4.69, 9.17) is 23.2 Å². The molecule has 3 rings (SSSR count). The van der Waals surface area contributed by atoms with Crippen molar-refractivity contribution in [2.24, 2.45) is 0 Å². The number of hydrogen-bond donors (Lipinski definition) is 1. The third-order valence-corrected chi connectivity index (χ3v) is 6.38. The summed E-state index contributed by atoms with van der Waals surface area (Å²) in [5, 5.41) is 3.92. The molecule has 0 aliphatic rings. The minimum absolute atomic E-state index is 0.0562. The standard InChI is InChI=1S/C27H27BrCl2N2O2/c1-18(2)31-27(34)25(14-19-7-4-3-5-8-19)32(17-20-9-6-10-22(28)13-20)26(33)15-21-11-12-23(29)16-24(21)30/h3-13,16,18,25H,14-15,17H2,1-2H3,(H,31,34)/t25-/m0/s1. The third kappa shape index (κ3) is 7.59. The number of nitrogens with zero attached hydrogens (tertiary/aromatic N) is 1. The lowest BCUT2D eigenvalue weighted by Gasteiger charge is -2.32. The van der Waals surface area contributed by atoms with E-state index in [0.29, 0.717) is 22.0 Å². The molecule has 0 radical (unpaired) electrons. The van der Waals surface area contributed by atoms with Gasteiger partial charge in [0.05, 0.1) is 6.42 Å². The van der Waals surface area contributed by atoms with Crippen LogP contribution >= 0.6 is 39.1 Å². The van der Waals surface area contributed by atoms with Gasteiger partial charge in [0.2, 0.25) is 11.8 Å². The lowest BCUT2D eigenvalue weighted by Crippen LogP contribution is -2.52. The van der Waals surface area contributed by atoms with Crippen LogP contribution in [0.4, 0.5) is 0 Å². The number of amides is 2. The molecule has 0 aliphatic carbocycles.